The van der Waals surface area contributed by atoms with Gasteiger partial charge in [-0.15, -0.1) is 4.91 Å². The predicted molar refractivity (Wildman–Crippen MR) is 83.9 cm³/mol. The third kappa shape index (κ3) is 2.14. The highest BCUT2D eigenvalue weighted by molar-refractivity contribution is 5.96. The number of amides is 1. The van der Waals surface area contributed by atoms with Crippen molar-refractivity contribution in [2.75, 3.05) is 5.32 Å². The molecule has 1 amide bonds. The first kappa shape index (κ1) is 13.9. The molecule has 116 valence electrons. The van der Waals surface area contributed by atoms with Crippen LogP contribution in [0, 0.1) is 10.8 Å². The molecule has 1 aromatic rings. The number of nitrogens with zero attached hydrogens (tertiary/aromatic N) is 2. The zero-order valence-corrected chi connectivity index (χ0v) is 12.7. The molecule has 22 heavy (non-hydrogen) atoms. The van der Waals surface area contributed by atoms with Gasteiger partial charge in [-0.2, -0.15) is 0 Å². The van der Waals surface area contributed by atoms with E-state index in [0.29, 0.717) is 5.56 Å². The molecule has 2 bridgehead atoms. The summed E-state index contributed by atoms with van der Waals surface area (Å²) < 4.78 is 0. The number of hydrogen-bond donors (Lipinski definition) is 1. The summed E-state index contributed by atoms with van der Waals surface area (Å²) in [5.74, 6) is 1.14. The van der Waals surface area contributed by atoms with E-state index in [1.165, 1.54) is 32.1 Å². The first-order chi connectivity index (χ1) is 10.7. The first-order valence-electron chi connectivity index (χ1n) is 8.37. The van der Waals surface area contributed by atoms with Crippen molar-refractivity contribution in [1.29, 1.82) is 0 Å². The summed E-state index contributed by atoms with van der Waals surface area (Å²) in [7, 11) is 0. The summed E-state index contributed by atoms with van der Waals surface area (Å²) >= 11 is 0. The van der Waals surface area contributed by atoms with E-state index in [2.05, 4.69) is 15.5 Å². The van der Waals surface area contributed by atoms with Crippen LogP contribution in [0.3, 0.4) is 0 Å². The van der Waals surface area contributed by atoms with Gasteiger partial charge in [0.1, 0.15) is 5.82 Å². The Bertz CT molecular complexity index is 633. The summed E-state index contributed by atoms with van der Waals surface area (Å²) in [6.45, 7) is 0. The Morgan fingerprint density at radius 2 is 1.95 bits per heavy atom. The van der Waals surface area contributed by atoms with Crippen LogP contribution in [-0.2, 0) is 12.8 Å². The van der Waals surface area contributed by atoms with Gasteiger partial charge in [0, 0.05) is 16.9 Å². The molecule has 3 aliphatic rings. The van der Waals surface area contributed by atoms with Gasteiger partial charge in [-0.25, -0.2) is 4.98 Å². The van der Waals surface area contributed by atoms with Gasteiger partial charge in [0.15, 0.2) is 0 Å². The number of nitrogens with one attached hydrogen (secondary N) is 1. The van der Waals surface area contributed by atoms with Crippen molar-refractivity contribution < 1.29 is 4.79 Å². The van der Waals surface area contributed by atoms with E-state index in [1.807, 2.05) is 0 Å². The number of pyridine rings is 1. The number of carbonyl (C=O) groups is 1. The number of fused-ring (bicyclic) bond motifs is 3. The van der Waals surface area contributed by atoms with Crippen molar-refractivity contribution in [1.82, 2.24) is 4.98 Å². The van der Waals surface area contributed by atoms with Gasteiger partial charge in [-0.1, -0.05) is 0 Å². The zero-order chi connectivity index (χ0) is 15.2. The monoisotopic (exact) mass is 299 g/mol. The maximum absolute atomic E-state index is 11.7. The Labute approximate surface area is 129 Å². The zero-order valence-electron chi connectivity index (χ0n) is 12.7. The molecule has 2 saturated carbocycles. The van der Waals surface area contributed by atoms with Gasteiger partial charge in [0.05, 0.1) is 5.56 Å². The third-order valence-corrected chi connectivity index (χ3v) is 5.84. The second kappa shape index (κ2) is 5.14. The highest BCUT2D eigenvalue weighted by Crippen LogP contribution is 2.49. The van der Waals surface area contributed by atoms with E-state index in [1.54, 1.807) is 6.20 Å². The molecule has 0 aliphatic heterocycles. The molecule has 1 aromatic heterocycles. The maximum atomic E-state index is 11.7. The van der Waals surface area contributed by atoms with Crippen molar-refractivity contribution in [2.45, 2.75) is 63.3 Å². The van der Waals surface area contributed by atoms with Gasteiger partial charge in [0.25, 0.3) is 0 Å². The van der Waals surface area contributed by atoms with Crippen LogP contribution in [-0.4, -0.2) is 16.4 Å². The lowest BCUT2D eigenvalue weighted by molar-refractivity contribution is 0.0999. The summed E-state index contributed by atoms with van der Waals surface area (Å²) in [4.78, 5) is 26.8. The fourth-order valence-electron chi connectivity index (χ4n) is 4.71. The average Bonchev–Trinajstić information content (AvgIpc) is 3.15. The molecule has 0 aromatic carbocycles. The molecular weight excluding hydrogens is 278 g/mol. The highest BCUT2D eigenvalue weighted by Gasteiger charge is 2.45. The largest absolute Gasteiger partial charge is 0.364 e. The Balaban J connectivity index is 1.71. The molecule has 0 spiro atoms. The lowest BCUT2D eigenvalue weighted by Crippen LogP contribution is -2.34. The van der Waals surface area contributed by atoms with E-state index in [0.717, 1.165) is 48.5 Å². The quantitative estimate of drug-likeness (QED) is 0.865. The average molecular weight is 299 g/mol. The van der Waals surface area contributed by atoms with E-state index in [9.17, 15) is 9.70 Å². The lowest BCUT2D eigenvalue weighted by Gasteiger charge is -2.31. The Morgan fingerprint density at radius 1 is 1.23 bits per heavy atom. The Kier molecular flexibility index (Phi) is 3.24. The lowest BCUT2D eigenvalue weighted by atomic mass is 9.88. The van der Waals surface area contributed by atoms with Gasteiger partial charge in [-0.3, -0.25) is 4.79 Å². The Morgan fingerprint density at radius 3 is 2.59 bits per heavy atom. The number of aromatic nitrogens is 1. The van der Waals surface area contributed by atoms with Crippen molar-refractivity contribution in [3.05, 3.63) is 27.8 Å². The normalized spacial score (nSPS) is 29.2. The molecule has 0 saturated heterocycles. The van der Waals surface area contributed by atoms with Gasteiger partial charge >= 0.3 is 5.91 Å². The molecule has 1 heterocycles. The van der Waals surface area contributed by atoms with Gasteiger partial charge in [0.2, 0.25) is 0 Å². The van der Waals surface area contributed by atoms with Crippen molar-refractivity contribution in [3.8, 4) is 0 Å². The number of rotatable bonds is 3. The standard InChI is InChI=1S/C17H21N3O2/c21-16(20-22)14-10-18-15(13-4-2-1-3-12(13)14)19-17-7-5-11(9-17)6-8-17/h10-11H,1-9H2,(H,18,19). The van der Waals surface area contributed by atoms with Crippen molar-refractivity contribution in [3.63, 3.8) is 0 Å². The molecule has 0 atom stereocenters. The molecular formula is C17H21N3O2. The molecule has 5 heteroatoms. The summed E-state index contributed by atoms with van der Waals surface area (Å²) in [6.07, 6.45) is 11.8. The van der Waals surface area contributed by atoms with E-state index >= 15 is 0 Å². The number of nitroso groups, excluding NO2 is 1. The van der Waals surface area contributed by atoms with Crippen LogP contribution in [0.25, 0.3) is 0 Å². The van der Waals surface area contributed by atoms with Crippen LogP contribution >= 0.6 is 0 Å². The molecule has 4 rings (SSSR count). The van der Waals surface area contributed by atoms with E-state index < -0.39 is 5.91 Å². The molecule has 1 N–H and O–H groups in total. The minimum atomic E-state index is -0.683. The third-order valence-electron chi connectivity index (χ3n) is 5.84. The topological polar surface area (TPSA) is 71.4 Å². The fourth-order valence-corrected chi connectivity index (χ4v) is 4.71. The summed E-state index contributed by atoms with van der Waals surface area (Å²) in [6, 6.07) is 0. The van der Waals surface area contributed by atoms with Crippen LogP contribution in [0.4, 0.5) is 5.82 Å². The van der Waals surface area contributed by atoms with Gasteiger partial charge in [-0.05, 0) is 74.8 Å². The molecule has 5 nitrogen and oxygen atoms in total. The maximum Gasteiger partial charge on any atom is 0.318 e. The van der Waals surface area contributed by atoms with E-state index in [-0.39, 0.29) is 5.54 Å². The van der Waals surface area contributed by atoms with Crippen LogP contribution < -0.4 is 5.32 Å². The minimum Gasteiger partial charge on any atom is -0.364 e. The van der Waals surface area contributed by atoms with Crippen molar-refractivity contribution >= 4 is 11.7 Å². The second-order valence-corrected chi connectivity index (χ2v) is 7.13. The first-order valence-corrected chi connectivity index (χ1v) is 8.37. The number of carbonyl (C=O) groups excluding carboxylic acids is 1. The minimum absolute atomic E-state index is 0.220. The SMILES string of the molecule is O=NC(=O)c1cnc(NC23CCC(CC2)C3)c2c1CCCC2. The van der Waals surface area contributed by atoms with Crippen LogP contribution in [0.2, 0.25) is 0 Å². The smallest absolute Gasteiger partial charge is 0.318 e. The number of anilines is 1. The summed E-state index contributed by atoms with van der Waals surface area (Å²) in [5.41, 5.74) is 2.77. The highest BCUT2D eigenvalue weighted by atomic mass is 16.3. The van der Waals surface area contributed by atoms with Crippen molar-refractivity contribution in [2.24, 2.45) is 11.1 Å². The predicted octanol–water partition coefficient (Wildman–Crippen LogP) is 3.61. The molecule has 0 radical (unpaired) electrons. The summed E-state index contributed by atoms with van der Waals surface area (Å²) in [5, 5.41) is 6.31. The van der Waals surface area contributed by atoms with Gasteiger partial charge < -0.3 is 5.32 Å². The number of hydrogen-bond acceptors (Lipinski definition) is 4. The molecule has 0 unspecified atom stereocenters. The van der Waals surface area contributed by atoms with Crippen LogP contribution in [0.15, 0.2) is 11.4 Å². The molecule has 3 aliphatic carbocycles. The van der Waals surface area contributed by atoms with E-state index in [4.69, 9.17) is 0 Å². The van der Waals surface area contributed by atoms with Crippen LogP contribution in [0.1, 0.15) is 66.4 Å². The Hall–Kier alpha value is -1.78. The molecule has 2 fully saturated rings. The second-order valence-electron chi connectivity index (χ2n) is 7.13. The van der Waals surface area contributed by atoms with Crippen LogP contribution in [0.5, 0.6) is 0 Å². The fraction of sp³-hybridized carbons (Fsp3) is 0.647.